The normalized spacial score (nSPS) is 10.2. The highest BCUT2D eigenvalue weighted by molar-refractivity contribution is 5.70. The van der Waals surface area contributed by atoms with Crippen LogP contribution in [0.2, 0.25) is 0 Å². The molecule has 0 saturated carbocycles. The molecule has 2 aromatic heterocycles. The van der Waals surface area contributed by atoms with E-state index >= 15 is 0 Å². The molecular formula is C6H3N3O2. The molecule has 0 fully saturated rings. The molecule has 0 aliphatic carbocycles. The van der Waals surface area contributed by atoms with Gasteiger partial charge in [0.05, 0.1) is 0 Å². The van der Waals surface area contributed by atoms with E-state index in [1.54, 1.807) is 0 Å². The molecule has 5 nitrogen and oxygen atoms in total. The third-order valence-corrected chi connectivity index (χ3v) is 1.25. The number of rotatable bonds is 0. The van der Waals surface area contributed by atoms with E-state index in [-0.39, 0.29) is 0 Å². The molecule has 0 aromatic carbocycles. The van der Waals surface area contributed by atoms with Gasteiger partial charge in [0.1, 0.15) is 11.7 Å². The summed E-state index contributed by atoms with van der Waals surface area (Å²) in [6.07, 6.45) is 3.77. The largest absolute Gasteiger partial charge is 0.411 e. The van der Waals surface area contributed by atoms with Gasteiger partial charge >= 0.3 is 5.63 Å². The Kier molecular flexibility index (Phi) is 1.15. The number of aromatic nitrogens is 3. The Labute approximate surface area is 60.7 Å². The van der Waals surface area contributed by atoms with Gasteiger partial charge in [-0.3, -0.25) is 0 Å². The predicted octanol–water partition coefficient (Wildman–Crippen LogP) is -0.0220. The van der Waals surface area contributed by atoms with Crippen LogP contribution in [0.25, 0.3) is 11.0 Å². The smallest absolute Gasteiger partial charge is 0.349 e. The van der Waals surface area contributed by atoms with E-state index in [0.29, 0.717) is 11.0 Å². The lowest BCUT2D eigenvalue weighted by atomic mass is 10.4. The molecule has 5 heteroatoms. The van der Waals surface area contributed by atoms with Gasteiger partial charge in [0.2, 0.25) is 0 Å². The molecule has 0 bridgehead atoms. The van der Waals surface area contributed by atoms with E-state index in [9.17, 15) is 4.79 Å². The van der Waals surface area contributed by atoms with Crippen LogP contribution in [0, 0.1) is 0 Å². The molecule has 2 rings (SSSR count). The third-order valence-electron chi connectivity index (χ3n) is 1.25. The zero-order valence-corrected chi connectivity index (χ0v) is 5.39. The SMILES string of the molecule is O=c1ocnc2ncncc12. The van der Waals surface area contributed by atoms with Gasteiger partial charge in [0.25, 0.3) is 0 Å². The Bertz CT molecular complexity index is 432. The predicted molar refractivity (Wildman–Crippen MR) is 35.9 cm³/mol. The monoisotopic (exact) mass is 149 g/mol. The maximum Gasteiger partial charge on any atom is 0.349 e. The van der Waals surface area contributed by atoms with Crippen molar-refractivity contribution in [1.29, 1.82) is 0 Å². The van der Waals surface area contributed by atoms with Gasteiger partial charge in [-0.25, -0.2) is 14.8 Å². The van der Waals surface area contributed by atoms with E-state index in [2.05, 4.69) is 19.4 Å². The van der Waals surface area contributed by atoms with Crippen molar-refractivity contribution in [2.75, 3.05) is 0 Å². The van der Waals surface area contributed by atoms with Crippen molar-refractivity contribution in [3.05, 3.63) is 29.3 Å². The molecule has 0 atom stereocenters. The lowest BCUT2D eigenvalue weighted by molar-refractivity contribution is 0.500. The second-order valence-corrected chi connectivity index (χ2v) is 1.90. The highest BCUT2D eigenvalue weighted by Crippen LogP contribution is 1.96. The second kappa shape index (κ2) is 2.12. The van der Waals surface area contributed by atoms with Crippen LogP contribution in [0.3, 0.4) is 0 Å². The van der Waals surface area contributed by atoms with Crippen molar-refractivity contribution in [3.63, 3.8) is 0 Å². The van der Waals surface area contributed by atoms with Gasteiger partial charge < -0.3 is 4.42 Å². The molecule has 0 aliphatic heterocycles. The first-order valence-corrected chi connectivity index (χ1v) is 2.91. The minimum Gasteiger partial charge on any atom is -0.411 e. The molecule has 11 heavy (non-hydrogen) atoms. The van der Waals surface area contributed by atoms with Crippen LogP contribution in [0.5, 0.6) is 0 Å². The third kappa shape index (κ3) is 0.861. The fourth-order valence-electron chi connectivity index (χ4n) is 0.758. The summed E-state index contributed by atoms with van der Waals surface area (Å²) in [7, 11) is 0. The maximum atomic E-state index is 10.9. The summed E-state index contributed by atoms with van der Waals surface area (Å²) in [5, 5.41) is 0.301. The summed E-state index contributed by atoms with van der Waals surface area (Å²) >= 11 is 0. The molecule has 0 aliphatic rings. The van der Waals surface area contributed by atoms with Crippen LogP contribution >= 0.6 is 0 Å². The minimum atomic E-state index is -0.462. The van der Waals surface area contributed by atoms with Crippen LogP contribution < -0.4 is 5.63 Å². The summed E-state index contributed by atoms with van der Waals surface area (Å²) in [6, 6.07) is 0. The van der Waals surface area contributed by atoms with Crippen LogP contribution in [0.1, 0.15) is 0 Å². The summed E-state index contributed by atoms with van der Waals surface area (Å²) in [6.45, 7) is 0. The summed E-state index contributed by atoms with van der Waals surface area (Å²) in [5.41, 5.74) is -0.105. The first-order chi connectivity index (χ1) is 5.38. The molecule has 0 N–H and O–H groups in total. The number of hydrogen-bond acceptors (Lipinski definition) is 5. The lowest BCUT2D eigenvalue weighted by Crippen LogP contribution is -2.01. The summed E-state index contributed by atoms with van der Waals surface area (Å²) in [5.74, 6) is 0. The minimum absolute atomic E-state index is 0.301. The van der Waals surface area contributed by atoms with Gasteiger partial charge in [-0.2, -0.15) is 4.98 Å². The molecule has 0 unspecified atom stereocenters. The van der Waals surface area contributed by atoms with E-state index in [1.807, 2.05) is 0 Å². The van der Waals surface area contributed by atoms with E-state index in [0.717, 1.165) is 6.39 Å². The van der Waals surface area contributed by atoms with Crippen molar-refractivity contribution in [1.82, 2.24) is 15.0 Å². The van der Waals surface area contributed by atoms with Gasteiger partial charge in [0.15, 0.2) is 12.0 Å². The van der Waals surface area contributed by atoms with Crippen LogP contribution in [0.4, 0.5) is 0 Å². The zero-order chi connectivity index (χ0) is 7.68. The standard InChI is InChI=1S/C6H3N3O2/c10-6-4-1-7-2-8-5(4)9-3-11-6/h1-3H. The molecule has 0 spiro atoms. The van der Waals surface area contributed by atoms with Crippen LogP contribution in [-0.2, 0) is 0 Å². The van der Waals surface area contributed by atoms with Crippen molar-refractivity contribution in [2.24, 2.45) is 0 Å². The maximum absolute atomic E-state index is 10.9. The van der Waals surface area contributed by atoms with E-state index in [4.69, 9.17) is 0 Å². The second-order valence-electron chi connectivity index (χ2n) is 1.90. The van der Waals surface area contributed by atoms with Gasteiger partial charge in [0, 0.05) is 6.20 Å². The quantitative estimate of drug-likeness (QED) is 0.526. The Hall–Kier alpha value is -1.78. The fourth-order valence-corrected chi connectivity index (χ4v) is 0.758. The van der Waals surface area contributed by atoms with E-state index in [1.165, 1.54) is 12.5 Å². The molecule has 54 valence electrons. The van der Waals surface area contributed by atoms with Gasteiger partial charge in [-0.15, -0.1) is 0 Å². The molecule has 0 radical (unpaired) electrons. The van der Waals surface area contributed by atoms with Crippen LogP contribution in [-0.4, -0.2) is 15.0 Å². The van der Waals surface area contributed by atoms with Crippen molar-refractivity contribution in [3.8, 4) is 0 Å². The van der Waals surface area contributed by atoms with Crippen LogP contribution in [0.15, 0.2) is 28.1 Å². The number of hydrogen-bond donors (Lipinski definition) is 0. The van der Waals surface area contributed by atoms with Crippen molar-refractivity contribution >= 4 is 11.0 Å². The Morgan fingerprint density at radius 3 is 3.09 bits per heavy atom. The van der Waals surface area contributed by atoms with E-state index < -0.39 is 5.63 Å². The molecule has 0 amide bonds. The van der Waals surface area contributed by atoms with Gasteiger partial charge in [-0.1, -0.05) is 0 Å². The number of fused-ring (bicyclic) bond motifs is 1. The van der Waals surface area contributed by atoms with Crippen molar-refractivity contribution in [2.45, 2.75) is 0 Å². The average molecular weight is 149 g/mol. The molecule has 2 aromatic rings. The highest BCUT2D eigenvalue weighted by atomic mass is 16.4. The van der Waals surface area contributed by atoms with Crippen molar-refractivity contribution < 1.29 is 4.42 Å². The molecular weight excluding hydrogens is 146 g/mol. The summed E-state index contributed by atoms with van der Waals surface area (Å²) < 4.78 is 4.49. The zero-order valence-electron chi connectivity index (χ0n) is 5.39. The fraction of sp³-hybridized carbons (Fsp3) is 0. The Balaban J connectivity index is 3.03. The molecule has 0 saturated heterocycles. The first kappa shape index (κ1) is 5.96. The highest BCUT2D eigenvalue weighted by Gasteiger charge is 1.98. The lowest BCUT2D eigenvalue weighted by Gasteiger charge is -1.88. The first-order valence-electron chi connectivity index (χ1n) is 2.91. The molecule has 2 heterocycles. The summed E-state index contributed by atoms with van der Waals surface area (Å²) in [4.78, 5) is 22.0. The van der Waals surface area contributed by atoms with Gasteiger partial charge in [-0.05, 0) is 0 Å². The topological polar surface area (TPSA) is 68.9 Å². The Morgan fingerprint density at radius 2 is 2.27 bits per heavy atom. The Morgan fingerprint density at radius 1 is 1.36 bits per heavy atom. The number of nitrogens with zero attached hydrogens (tertiary/aromatic N) is 3. The average Bonchev–Trinajstić information content (AvgIpc) is 2.06.